The molecule has 0 radical (unpaired) electrons. The first-order chi connectivity index (χ1) is 20.5. The molecule has 1 amide bonds. The van der Waals surface area contributed by atoms with E-state index in [1.807, 2.05) is 19.9 Å². The smallest absolute Gasteiger partial charge is 0.326 e. The highest BCUT2D eigenvalue weighted by molar-refractivity contribution is 6.33. The predicted octanol–water partition coefficient (Wildman–Crippen LogP) is 5.75. The summed E-state index contributed by atoms with van der Waals surface area (Å²) in [6.45, 7) is 4.94. The van der Waals surface area contributed by atoms with E-state index in [9.17, 15) is 14.7 Å². The molecular formula is C32H27ClF2N4O4. The highest BCUT2D eigenvalue weighted by Gasteiger charge is 2.30. The number of hydrogen-bond acceptors (Lipinski definition) is 6. The number of fused-ring (bicyclic) bond motifs is 1. The number of nitriles is 1. The number of carboxylic acids is 1. The Kier molecular flexibility index (Phi) is 8.31. The Morgan fingerprint density at radius 2 is 1.88 bits per heavy atom. The lowest BCUT2D eigenvalue weighted by atomic mass is 9.94. The third-order valence-electron chi connectivity index (χ3n) is 7.32. The molecule has 11 heteroatoms. The second-order valence-corrected chi connectivity index (χ2v) is 11.3. The number of nitrogens with zero attached hydrogens (tertiary/aromatic N) is 3. The number of aliphatic carboxylic acids is 1. The number of benzene rings is 3. The maximum atomic E-state index is 15.1. The molecule has 4 aromatic rings. The van der Waals surface area contributed by atoms with Gasteiger partial charge in [0.1, 0.15) is 23.2 Å². The summed E-state index contributed by atoms with van der Waals surface area (Å²) in [7, 11) is 0. The first-order valence-corrected chi connectivity index (χ1v) is 13.8. The Labute approximate surface area is 251 Å². The zero-order valence-electron chi connectivity index (χ0n) is 23.3. The summed E-state index contributed by atoms with van der Waals surface area (Å²) in [6.07, 6.45) is 1.39. The van der Waals surface area contributed by atoms with Gasteiger partial charge in [0.15, 0.2) is 0 Å². The Bertz CT molecular complexity index is 1770. The number of anilines is 1. The molecule has 5 rings (SSSR count). The number of carbonyl (C=O) groups is 2. The van der Waals surface area contributed by atoms with Gasteiger partial charge in [0.2, 0.25) is 0 Å². The normalized spacial score (nSPS) is 15.1. The summed E-state index contributed by atoms with van der Waals surface area (Å²) >= 11 is 6.44. The minimum atomic E-state index is -1.50. The molecule has 220 valence electrons. The van der Waals surface area contributed by atoms with Crippen LogP contribution in [-0.2, 0) is 16.0 Å². The van der Waals surface area contributed by atoms with Crippen LogP contribution in [0.4, 0.5) is 14.5 Å². The number of pyridine rings is 1. The van der Waals surface area contributed by atoms with E-state index >= 15 is 8.78 Å². The van der Waals surface area contributed by atoms with Crippen LogP contribution < -0.4 is 10.2 Å². The fourth-order valence-corrected chi connectivity index (χ4v) is 5.56. The molecule has 3 aromatic carbocycles. The van der Waals surface area contributed by atoms with Crippen molar-refractivity contribution in [2.45, 2.75) is 31.9 Å². The molecule has 43 heavy (non-hydrogen) atoms. The number of carboxylic acid groups (broad SMARTS) is 1. The minimum absolute atomic E-state index is 0.186. The van der Waals surface area contributed by atoms with Crippen LogP contribution in [0.2, 0.25) is 5.02 Å². The zero-order valence-corrected chi connectivity index (χ0v) is 24.1. The molecule has 1 aliphatic heterocycles. The van der Waals surface area contributed by atoms with Gasteiger partial charge in [-0.2, -0.15) is 5.26 Å². The summed E-state index contributed by atoms with van der Waals surface area (Å²) in [5.74, 6) is -4.75. The molecule has 2 heterocycles. The zero-order chi connectivity index (χ0) is 30.9. The minimum Gasteiger partial charge on any atom is -0.480 e. The lowest BCUT2D eigenvalue weighted by molar-refractivity contribution is -0.139. The largest absolute Gasteiger partial charge is 0.480 e. The number of aromatic nitrogens is 1. The van der Waals surface area contributed by atoms with E-state index < -0.39 is 40.7 Å². The SMILES string of the molecule is CC1(C)CN(c2cc(F)c(C(=O)N[C@@H](Cc3ccc(-c4ccc(C#N)cc4Cl)c4ncccc34)C(=O)O)c(F)c2)CCO1. The molecule has 8 nitrogen and oxygen atoms in total. The number of halogens is 3. The topological polar surface area (TPSA) is 116 Å². The van der Waals surface area contributed by atoms with E-state index in [2.05, 4.69) is 10.3 Å². The molecular weight excluding hydrogens is 578 g/mol. The molecule has 1 aliphatic rings. The average molecular weight is 605 g/mol. The van der Waals surface area contributed by atoms with Crippen molar-refractivity contribution in [2.75, 3.05) is 24.6 Å². The number of morpholine rings is 1. The van der Waals surface area contributed by atoms with Gasteiger partial charge < -0.3 is 20.1 Å². The second-order valence-electron chi connectivity index (χ2n) is 10.9. The van der Waals surface area contributed by atoms with Crippen LogP contribution in [0, 0.1) is 23.0 Å². The fourth-order valence-electron chi connectivity index (χ4n) is 5.28. The Morgan fingerprint density at radius 3 is 2.53 bits per heavy atom. The fraction of sp³-hybridized carbons (Fsp3) is 0.250. The van der Waals surface area contributed by atoms with Gasteiger partial charge in [-0.05, 0) is 49.7 Å². The number of ether oxygens (including phenoxy) is 1. The van der Waals surface area contributed by atoms with Gasteiger partial charge in [0, 0.05) is 52.9 Å². The van der Waals surface area contributed by atoms with Crippen molar-refractivity contribution in [3.8, 4) is 17.2 Å². The average Bonchev–Trinajstić information content (AvgIpc) is 2.96. The van der Waals surface area contributed by atoms with Crippen LogP contribution in [-0.4, -0.2) is 53.3 Å². The van der Waals surface area contributed by atoms with Gasteiger partial charge in [0.25, 0.3) is 5.91 Å². The Hall–Kier alpha value is -4.59. The maximum Gasteiger partial charge on any atom is 0.326 e. The van der Waals surface area contributed by atoms with Crippen molar-refractivity contribution in [2.24, 2.45) is 0 Å². The molecule has 2 N–H and O–H groups in total. The molecule has 0 unspecified atom stereocenters. The van der Waals surface area contributed by atoms with Crippen molar-refractivity contribution in [3.05, 3.63) is 94.1 Å². The highest BCUT2D eigenvalue weighted by atomic mass is 35.5. The standard InChI is InChI=1S/C32H27ClF2N4O4/c1-32(2)17-39(10-11-43-32)20-14-25(34)28(26(35)15-20)30(40)38-27(31(41)42)13-19-6-8-23(29-21(19)4-3-9-37-29)22-7-5-18(16-36)12-24(22)33/h3-9,12,14-15,27H,10-11,13,17H2,1-2H3,(H,38,40)(H,41,42)/t27-/m0/s1. The van der Waals surface area contributed by atoms with E-state index in [0.717, 1.165) is 12.1 Å². The molecule has 0 bridgehead atoms. The Balaban J connectivity index is 1.41. The molecule has 0 aliphatic carbocycles. The van der Waals surface area contributed by atoms with Crippen molar-refractivity contribution >= 4 is 40.1 Å². The van der Waals surface area contributed by atoms with Crippen LogP contribution >= 0.6 is 11.6 Å². The van der Waals surface area contributed by atoms with Crippen molar-refractivity contribution < 1.29 is 28.2 Å². The van der Waals surface area contributed by atoms with Crippen LogP contribution in [0.5, 0.6) is 0 Å². The van der Waals surface area contributed by atoms with Gasteiger partial charge in [-0.25, -0.2) is 13.6 Å². The van der Waals surface area contributed by atoms with Gasteiger partial charge in [-0.15, -0.1) is 0 Å². The van der Waals surface area contributed by atoms with Crippen molar-refractivity contribution in [1.82, 2.24) is 10.3 Å². The van der Waals surface area contributed by atoms with Gasteiger partial charge >= 0.3 is 5.97 Å². The van der Waals surface area contributed by atoms with Crippen LogP contribution in [0.15, 0.2) is 60.8 Å². The number of rotatable bonds is 7. The summed E-state index contributed by atoms with van der Waals surface area (Å²) < 4.78 is 35.9. The Morgan fingerprint density at radius 1 is 1.16 bits per heavy atom. The highest BCUT2D eigenvalue weighted by Crippen LogP contribution is 2.35. The van der Waals surface area contributed by atoms with Gasteiger partial charge in [-0.3, -0.25) is 9.78 Å². The molecule has 1 fully saturated rings. The molecule has 1 aromatic heterocycles. The van der Waals surface area contributed by atoms with E-state index in [0.29, 0.717) is 57.9 Å². The molecule has 0 spiro atoms. The van der Waals surface area contributed by atoms with Gasteiger partial charge in [0.05, 0.1) is 29.4 Å². The quantitative estimate of drug-likeness (QED) is 0.276. The van der Waals surface area contributed by atoms with E-state index in [1.165, 1.54) is 0 Å². The van der Waals surface area contributed by atoms with Crippen molar-refractivity contribution in [1.29, 1.82) is 5.26 Å². The lowest BCUT2D eigenvalue weighted by Gasteiger charge is -2.39. The second kappa shape index (κ2) is 12.0. The number of nitrogens with one attached hydrogen (secondary N) is 1. The molecule has 1 atom stereocenters. The molecule has 1 saturated heterocycles. The molecule has 0 saturated carbocycles. The third-order valence-corrected chi connectivity index (χ3v) is 7.63. The lowest BCUT2D eigenvalue weighted by Crippen LogP contribution is -2.48. The monoisotopic (exact) mass is 604 g/mol. The van der Waals surface area contributed by atoms with Crippen molar-refractivity contribution in [3.63, 3.8) is 0 Å². The number of hydrogen-bond donors (Lipinski definition) is 2. The maximum absolute atomic E-state index is 15.1. The number of amides is 1. The first kappa shape index (κ1) is 29.9. The first-order valence-electron chi connectivity index (χ1n) is 13.5. The van der Waals surface area contributed by atoms with E-state index in [1.54, 1.807) is 53.6 Å². The third kappa shape index (κ3) is 6.28. The van der Waals surface area contributed by atoms with E-state index in [-0.39, 0.29) is 12.1 Å². The summed E-state index contributed by atoms with van der Waals surface area (Å²) in [4.78, 5) is 31.5. The van der Waals surface area contributed by atoms with Crippen LogP contribution in [0.3, 0.4) is 0 Å². The summed E-state index contributed by atoms with van der Waals surface area (Å²) in [5.41, 5.74) is 1.65. The van der Waals surface area contributed by atoms with Crippen LogP contribution in [0.1, 0.15) is 35.3 Å². The summed E-state index contributed by atoms with van der Waals surface area (Å²) in [5, 5.41) is 22.3. The van der Waals surface area contributed by atoms with Crippen LogP contribution in [0.25, 0.3) is 22.0 Å². The van der Waals surface area contributed by atoms with E-state index in [4.69, 9.17) is 21.6 Å². The van der Waals surface area contributed by atoms with Gasteiger partial charge in [-0.1, -0.05) is 35.9 Å². The predicted molar refractivity (Wildman–Crippen MR) is 158 cm³/mol. The number of carbonyl (C=O) groups excluding carboxylic acids is 1. The summed E-state index contributed by atoms with van der Waals surface area (Å²) in [6, 6.07) is 14.4.